The Morgan fingerprint density at radius 3 is 1.15 bits per heavy atom. The van der Waals surface area contributed by atoms with Crippen LogP contribution in [0.3, 0.4) is 0 Å². The lowest BCUT2D eigenvalue weighted by Crippen LogP contribution is -1.80. The summed E-state index contributed by atoms with van der Waals surface area (Å²) >= 11 is 0. The normalized spacial score (nSPS) is 11.1. The van der Waals surface area contributed by atoms with Crippen LogP contribution in [0.4, 0.5) is 0 Å². The van der Waals surface area contributed by atoms with Gasteiger partial charge in [0.25, 0.3) is 0 Å². The molecule has 0 aliphatic rings. The highest BCUT2D eigenvalue weighted by Gasteiger charge is 1.93. The van der Waals surface area contributed by atoms with Gasteiger partial charge < -0.3 is 0 Å². The molecule has 0 saturated heterocycles. The van der Waals surface area contributed by atoms with Gasteiger partial charge in [-0.3, -0.25) is 9.59 Å². The molecule has 0 aromatic heterocycles. The summed E-state index contributed by atoms with van der Waals surface area (Å²) in [6, 6.07) is 23.1. The minimum atomic E-state index is 0.676. The van der Waals surface area contributed by atoms with Crippen molar-refractivity contribution < 1.29 is 9.59 Å². The smallest absolute Gasteiger partial charge is 0.150 e. The highest BCUT2D eigenvalue weighted by atomic mass is 16.1. The summed E-state index contributed by atoms with van der Waals surface area (Å²) < 4.78 is 0. The average Bonchev–Trinajstić information content (AvgIpc) is 2.72. The molecule has 2 nitrogen and oxygen atoms in total. The maximum absolute atomic E-state index is 10.7. The zero-order chi connectivity index (χ0) is 18.2. The zero-order valence-corrected chi connectivity index (χ0v) is 14.2. The van der Waals surface area contributed by atoms with Crippen LogP contribution in [0.25, 0.3) is 24.3 Å². The summed E-state index contributed by atoms with van der Waals surface area (Å²) in [5, 5.41) is 0. The molecule has 0 bridgehead atoms. The lowest BCUT2D eigenvalue weighted by molar-refractivity contribution is 0.111. The summed E-state index contributed by atoms with van der Waals surface area (Å²) in [6.45, 7) is 0. The van der Waals surface area contributed by atoms with E-state index < -0.39 is 0 Å². The fourth-order valence-corrected chi connectivity index (χ4v) is 2.52. The Morgan fingerprint density at radius 1 is 0.423 bits per heavy atom. The molecule has 0 heterocycles. The van der Waals surface area contributed by atoms with E-state index in [1.165, 1.54) is 0 Å². The quantitative estimate of drug-likeness (QED) is 0.430. The predicted octanol–water partition coefficient (Wildman–Crippen LogP) is 5.65. The van der Waals surface area contributed by atoms with Crippen molar-refractivity contribution in [3.63, 3.8) is 0 Å². The van der Waals surface area contributed by atoms with E-state index in [0.29, 0.717) is 11.1 Å². The molecule has 126 valence electrons. The first-order valence-corrected chi connectivity index (χ1v) is 8.33. The summed E-state index contributed by atoms with van der Waals surface area (Å²) in [4.78, 5) is 21.4. The molecule has 0 spiro atoms. The van der Waals surface area contributed by atoms with E-state index in [4.69, 9.17) is 0 Å². The van der Waals surface area contributed by atoms with Gasteiger partial charge in [-0.25, -0.2) is 0 Å². The van der Waals surface area contributed by atoms with Gasteiger partial charge in [0.1, 0.15) is 12.6 Å². The van der Waals surface area contributed by atoms with E-state index in [9.17, 15) is 9.59 Å². The first kappa shape index (κ1) is 17.3. The number of aldehydes is 2. The lowest BCUT2D eigenvalue weighted by Gasteiger charge is -1.99. The second kappa shape index (κ2) is 8.54. The largest absolute Gasteiger partial charge is 0.298 e. The Bertz CT molecular complexity index is 870. The van der Waals surface area contributed by atoms with E-state index in [-0.39, 0.29) is 0 Å². The van der Waals surface area contributed by atoms with Crippen molar-refractivity contribution in [1.82, 2.24) is 0 Å². The van der Waals surface area contributed by atoms with Crippen LogP contribution in [0.1, 0.15) is 43.0 Å². The summed E-state index contributed by atoms with van der Waals surface area (Å²) in [5.41, 5.74) is 5.65. The van der Waals surface area contributed by atoms with Gasteiger partial charge in [0.05, 0.1) is 0 Å². The highest BCUT2D eigenvalue weighted by Crippen LogP contribution is 2.14. The second-order valence-corrected chi connectivity index (χ2v) is 5.91. The third kappa shape index (κ3) is 4.74. The van der Waals surface area contributed by atoms with Gasteiger partial charge in [-0.1, -0.05) is 91.0 Å². The molecule has 0 atom stereocenters. The summed E-state index contributed by atoms with van der Waals surface area (Å²) in [5.74, 6) is 0. The van der Waals surface area contributed by atoms with E-state index in [0.717, 1.165) is 34.8 Å². The Hall–Kier alpha value is -3.52. The molecule has 0 aliphatic heterocycles. The van der Waals surface area contributed by atoms with Gasteiger partial charge in [0.15, 0.2) is 0 Å². The molecule has 3 aromatic carbocycles. The Morgan fingerprint density at radius 2 is 0.769 bits per heavy atom. The number of carbonyl (C=O) groups is 2. The van der Waals surface area contributed by atoms with Gasteiger partial charge in [0.2, 0.25) is 0 Å². The molecule has 0 fully saturated rings. The number of rotatable bonds is 6. The van der Waals surface area contributed by atoms with Gasteiger partial charge >= 0.3 is 0 Å². The molecule has 3 rings (SSSR count). The summed E-state index contributed by atoms with van der Waals surface area (Å²) in [7, 11) is 0. The number of carbonyl (C=O) groups excluding carboxylic acids is 2. The molecular formula is C24H18O2. The van der Waals surface area contributed by atoms with Crippen molar-refractivity contribution in [3.8, 4) is 0 Å². The van der Waals surface area contributed by atoms with Gasteiger partial charge in [-0.15, -0.1) is 0 Å². The van der Waals surface area contributed by atoms with E-state index >= 15 is 0 Å². The minimum absolute atomic E-state index is 0.676. The van der Waals surface area contributed by atoms with Crippen LogP contribution < -0.4 is 0 Å². The van der Waals surface area contributed by atoms with Crippen LogP contribution in [-0.2, 0) is 0 Å². The molecule has 2 heteroatoms. The third-order valence-corrected chi connectivity index (χ3v) is 3.99. The molecule has 0 saturated carbocycles. The molecule has 0 aliphatic carbocycles. The SMILES string of the molecule is O=Cc1ccc(C=Cc2cccc(C=Cc3ccc(C=O)cc3)c2)cc1. The van der Waals surface area contributed by atoms with Crippen molar-refractivity contribution in [2.45, 2.75) is 0 Å². The molecule has 3 aromatic rings. The minimum Gasteiger partial charge on any atom is -0.298 e. The van der Waals surface area contributed by atoms with Gasteiger partial charge in [-0.2, -0.15) is 0 Å². The topological polar surface area (TPSA) is 34.1 Å². The van der Waals surface area contributed by atoms with Crippen LogP contribution in [-0.4, -0.2) is 12.6 Å². The first-order valence-electron chi connectivity index (χ1n) is 8.33. The Kier molecular flexibility index (Phi) is 5.69. The fourth-order valence-electron chi connectivity index (χ4n) is 2.52. The molecule has 0 unspecified atom stereocenters. The molecular weight excluding hydrogens is 320 g/mol. The predicted molar refractivity (Wildman–Crippen MR) is 108 cm³/mol. The van der Waals surface area contributed by atoms with Crippen molar-refractivity contribution in [1.29, 1.82) is 0 Å². The molecule has 0 N–H and O–H groups in total. The zero-order valence-electron chi connectivity index (χ0n) is 14.2. The summed E-state index contributed by atoms with van der Waals surface area (Å²) in [6.07, 6.45) is 9.83. The van der Waals surface area contributed by atoms with Crippen molar-refractivity contribution >= 4 is 36.9 Å². The maximum atomic E-state index is 10.7. The monoisotopic (exact) mass is 338 g/mol. The van der Waals surface area contributed by atoms with Crippen molar-refractivity contribution in [2.24, 2.45) is 0 Å². The van der Waals surface area contributed by atoms with Crippen LogP contribution in [0.5, 0.6) is 0 Å². The number of hydrogen-bond donors (Lipinski definition) is 0. The molecule has 0 amide bonds. The van der Waals surface area contributed by atoms with Crippen molar-refractivity contribution in [2.75, 3.05) is 0 Å². The van der Waals surface area contributed by atoms with E-state index in [1.807, 2.05) is 91.0 Å². The van der Waals surface area contributed by atoms with Crippen LogP contribution >= 0.6 is 0 Å². The average molecular weight is 338 g/mol. The van der Waals surface area contributed by atoms with Crippen LogP contribution in [0.15, 0.2) is 72.8 Å². The Balaban J connectivity index is 1.72. The van der Waals surface area contributed by atoms with Gasteiger partial charge in [-0.05, 0) is 28.3 Å². The fraction of sp³-hybridized carbons (Fsp3) is 0. The lowest BCUT2D eigenvalue weighted by atomic mass is 10.1. The molecule has 0 radical (unpaired) electrons. The first-order chi connectivity index (χ1) is 12.8. The van der Waals surface area contributed by atoms with Crippen LogP contribution in [0.2, 0.25) is 0 Å². The van der Waals surface area contributed by atoms with Crippen molar-refractivity contribution in [3.05, 3.63) is 106 Å². The van der Waals surface area contributed by atoms with E-state index in [2.05, 4.69) is 6.07 Å². The standard InChI is InChI=1S/C24H18O2/c25-17-23-12-6-19(7-13-23)4-10-21-2-1-3-22(16-21)11-5-20-8-14-24(18-26)15-9-20/h1-18H. The number of benzene rings is 3. The van der Waals surface area contributed by atoms with Crippen LogP contribution in [0, 0.1) is 0 Å². The number of hydrogen-bond acceptors (Lipinski definition) is 2. The Labute approximate surface area is 153 Å². The maximum Gasteiger partial charge on any atom is 0.150 e. The highest BCUT2D eigenvalue weighted by molar-refractivity contribution is 5.78. The third-order valence-electron chi connectivity index (χ3n) is 3.99. The molecule has 26 heavy (non-hydrogen) atoms. The van der Waals surface area contributed by atoms with E-state index in [1.54, 1.807) is 0 Å². The van der Waals surface area contributed by atoms with Gasteiger partial charge in [0, 0.05) is 11.1 Å². The second-order valence-electron chi connectivity index (χ2n) is 5.91.